The quantitative estimate of drug-likeness (QED) is 0.637. The Morgan fingerprint density at radius 3 is 2.55 bits per heavy atom. The Labute approximate surface area is 119 Å². The molecule has 5 heteroatoms. The van der Waals surface area contributed by atoms with Crippen LogP contribution in [0.4, 0.5) is 0 Å². The van der Waals surface area contributed by atoms with Crippen LogP contribution in [-0.2, 0) is 18.4 Å². The lowest BCUT2D eigenvalue weighted by molar-refractivity contribution is -0.652. The molecule has 20 heavy (non-hydrogen) atoms. The van der Waals surface area contributed by atoms with E-state index >= 15 is 0 Å². The molecule has 0 aliphatic heterocycles. The molecule has 5 nitrogen and oxygen atoms in total. The smallest absolute Gasteiger partial charge is 0.263 e. The van der Waals surface area contributed by atoms with Crippen LogP contribution in [0.25, 0.3) is 11.0 Å². The number of amides is 1. The zero-order valence-corrected chi connectivity index (χ0v) is 12.9. The summed E-state index contributed by atoms with van der Waals surface area (Å²) in [6.07, 6.45) is 0. The number of hydrogen-bond acceptors (Lipinski definition) is 2. The molecule has 0 saturated carbocycles. The number of imidazole rings is 1. The predicted molar refractivity (Wildman–Crippen MR) is 79.4 cm³/mol. The molecular weight excluding hydrogens is 252 g/mol. The van der Waals surface area contributed by atoms with Gasteiger partial charge in [-0.25, -0.2) is 9.13 Å². The number of nitrogens with one attached hydrogen (secondary N) is 2. The van der Waals surface area contributed by atoms with E-state index in [9.17, 15) is 4.79 Å². The average Bonchev–Trinajstić information content (AvgIpc) is 2.63. The van der Waals surface area contributed by atoms with Crippen molar-refractivity contribution in [3.8, 4) is 0 Å². The summed E-state index contributed by atoms with van der Waals surface area (Å²) in [5.74, 6) is 1.09. The third kappa shape index (κ3) is 2.54. The highest BCUT2D eigenvalue weighted by molar-refractivity contribution is 5.80. The minimum Gasteiger partial charge on any atom is -0.340 e. The molecule has 0 aliphatic rings. The van der Waals surface area contributed by atoms with Gasteiger partial charge in [-0.3, -0.25) is 4.79 Å². The van der Waals surface area contributed by atoms with Gasteiger partial charge in [-0.05, 0) is 44.2 Å². The zero-order valence-electron chi connectivity index (χ0n) is 12.9. The minimum absolute atomic E-state index is 0.0122. The molecule has 2 aromatic rings. The fraction of sp³-hybridized carbons (Fsp3) is 0.467. The summed E-state index contributed by atoms with van der Waals surface area (Å²) in [6.45, 7) is 7.08. The summed E-state index contributed by atoms with van der Waals surface area (Å²) < 4.78 is 4.19. The Kier molecular flexibility index (Phi) is 4.09. The Morgan fingerprint density at radius 2 is 1.90 bits per heavy atom. The van der Waals surface area contributed by atoms with E-state index in [4.69, 9.17) is 0 Å². The lowest BCUT2D eigenvalue weighted by Gasteiger charge is -2.04. The van der Waals surface area contributed by atoms with Crippen molar-refractivity contribution in [1.82, 2.24) is 15.2 Å². The van der Waals surface area contributed by atoms with Crippen LogP contribution < -0.4 is 15.2 Å². The fourth-order valence-corrected chi connectivity index (χ4v) is 2.39. The van der Waals surface area contributed by atoms with Crippen molar-refractivity contribution in [1.29, 1.82) is 0 Å². The molecule has 1 aromatic carbocycles. The molecule has 0 fully saturated rings. The van der Waals surface area contributed by atoms with Crippen molar-refractivity contribution in [2.75, 3.05) is 13.7 Å². The molecule has 0 saturated heterocycles. The van der Waals surface area contributed by atoms with E-state index < -0.39 is 0 Å². The first-order chi connectivity index (χ1) is 9.45. The third-order valence-corrected chi connectivity index (χ3v) is 3.88. The lowest BCUT2D eigenvalue weighted by atomic mass is 10.1. The highest BCUT2D eigenvalue weighted by atomic mass is 16.2. The Morgan fingerprint density at radius 1 is 1.25 bits per heavy atom. The number of carbonyl (C=O) groups excluding carboxylic acids is 1. The number of nitrogens with zero attached hydrogens (tertiary/aromatic N) is 2. The maximum Gasteiger partial charge on any atom is 0.263 e. The molecule has 0 bridgehead atoms. The zero-order chi connectivity index (χ0) is 14.9. The summed E-state index contributed by atoms with van der Waals surface area (Å²) >= 11 is 0. The van der Waals surface area contributed by atoms with Crippen molar-refractivity contribution >= 4 is 16.9 Å². The molecule has 0 aliphatic carbocycles. The monoisotopic (exact) mass is 275 g/mol. The molecule has 0 atom stereocenters. The maximum absolute atomic E-state index is 11.9. The third-order valence-electron chi connectivity index (χ3n) is 3.88. The van der Waals surface area contributed by atoms with E-state index in [1.165, 1.54) is 11.1 Å². The molecule has 1 amide bonds. The van der Waals surface area contributed by atoms with Crippen molar-refractivity contribution in [3.05, 3.63) is 29.1 Å². The molecule has 0 unspecified atom stereocenters. The molecule has 1 aromatic heterocycles. The molecular formula is C15H23N4O+. The lowest BCUT2D eigenvalue weighted by Crippen LogP contribution is -2.36. The Hall–Kier alpha value is -1.88. The average molecular weight is 275 g/mol. The van der Waals surface area contributed by atoms with E-state index in [0.717, 1.165) is 16.9 Å². The number of aromatic nitrogens is 2. The largest absolute Gasteiger partial charge is 0.340 e. The van der Waals surface area contributed by atoms with Crippen molar-refractivity contribution in [2.45, 2.75) is 27.3 Å². The number of rotatable bonds is 4. The summed E-state index contributed by atoms with van der Waals surface area (Å²) in [6, 6.07) is 4.34. The summed E-state index contributed by atoms with van der Waals surface area (Å²) in [4.78, 5) is 11.9. The number of hydrogen-bond donors (Lipinski definition) is 2. The molecule has 2 rings (SSSR count). The van der Waals surface area contributed by atoms with E-state index in [1.54, 1.807) is 0 Å². The van der Waals surface area contributed by atoms with E-state index in [-0.39, 0.29) is 5.91 Å². The standard InChI is InChI=1S/C15H22N4O/c1-10-6-13-14(7-11(10)2)19(12(3)18(13)5)8-15(20)17-9-16-4/h6-7,16H,8-9H2,1-5H3/p+1. The Bertz CT molecular complexity index is 658. The maximum atomic E-state index is 11.9. The van der Waals surface area contributed by atoms with E-state index in [1.807, 2.05) is 21.0 Å². The van der Waals surface area contributed by atoms with Crippen LogP contribution in [0, 0.1) is 20.8 Å². The number of aryl methyl sites for hydroxylation is 3. The number of fused-ring (bicyclic) bond motifs is 1. The van der Waals surface area contributed by atoms with Crippen LogP contribution in [0.3, 0.4) is 0 Å². The van der Waals surface area contributed by atoms with Crippen molar-refractivity contribution in [2.24, 2.45) is 7.05 Å². The van der Waals surface area contributed by atoms with Gasteiger partial charge in [0.15, 0.2) is 17.6 Å². The fourth-order valence-electron chi connectivity index (χ4n) is 2.39. The van der Waals surface area contributed by atoms with Crippen LogP contribution >= 0.6 is 0 Å². The van der Waals surface area contributed by atoms with Crippen LogP contribution in [0.15, 0.2) is 12.1 Å². The van der Waals surface area contributed by atoms with E-state index in [2.05, 4.69) is 45.7 Å². The summed E-state index contributed by atoms with van der Waals surface area (Å²) in [5, 5.41) is 5.74. The Balaban J connectivity index is 2.45. The molecule has 108 valence electrons. The van der Waals surface area contributed by atoms with Gasteiger partial charge in [-0.2, -0.15) is 0 Å². The van der Waals surface area contributed by atoms with Gasteiger partial charge in [0.05, 0.1) is 13.7 Å². The SMILES string of the molecule is CNCNC(=O)Cn1c(C)[n+](C)c2cc(C)c(C)cc21. The molecule has 1 heterocycles. The highest BCUT2D eigenvalue weighted by Gasteiger charge is 2.21. The highest BCUT2D eigenvalue weighted by Crippen LogP contribution is 2.19. The summed E-state index contributed by atoms with van der Waals surface area (Å²) in [5.41, 5.74) is 4.78. The van der Waals surface area contributed by atoms with Crippen LogP contribution in [0.1, 0.15) is 17.0 Å². The number of benzene rings is 1. The van der Waals surface area contributed by atoms with Gasteiger partial charge < -0.3 is 10.6 Å². The second-order valence-electron chi connectivity index (χ2n) is 5.25. The molecule has 0 radical (unpaired) electrons. The minimum atomic E-state index is 0.0122. The molecule has 2 N–H and O–H groups in total. The molecule has 0 spiro atoms. The first-order valence-electron chi connectivity index (χ1n) is 6.83. The van der Waals surface area contributed by atoms with Crippen LogP contribution in [0.2, 0.25) is 0 Å². The van der Waals surface area contributed by atoms with Gasteiger partial charge in [0.25, 0.3) is 11.7 Å². The summed E-state index contributed by atoms with van der Waals surface area (Å²) in [7, 11) is 3.84. The first-order valence-corrected chi connectivity index (χ1v) is 6.83. The van der Waals surface area contributed by atoms with Crippen LogP contribution in [0.5, 0.6) is 0 Å². The van der Waals surface area contributed by atoms with Crippen LogP contribution in [-0.4, -0.2) is 24.2 Å². The van der Waals surface area contributed by atoms with Crippen molar-refractivity contribution < 1.29 is 9.36 Å². The predicted octanol–water partition coefficient (Wildman–Crippen LogP) is 0.684. The van der Waals surface area contributed by atoms with Gasteiger partial charge >= 0.3 is 0 Å². The second kappa shape index (κ2) is 5.63. The van der Waals surface area contributed by atoms with E-state index in [0.29, 0.717) is 13.2 Å². The topological polar surface area (TPSA) is 49.9 Å². The second-order valence-corrected chi connectivity index (χ2v) is 5.25. The van der Waals surface area contributed by atoms with Gasteiger partial charge in [-0.15, -0.1) is 0 Å². The number of carbonyl (C=O) groups is 1. The van der Waals surface area contributed by atoms with Gasteiger partial charge in [-0.1, -0.05) is 0 Å². The first kappa shape index (κ1) is 14.5. The van der Waals surface area contributed by atoms with Gasteiger partial charge in [0, 0.05) is 6.92 Å². The normalized spacial score (nSPS) is 11.1. The van der Waals surface area contributed by atoms with Gasteiger partial charge in [0.2, 0.25) is 0 Å². The van der Waals surface area contributed by atoms with Crippen molar-refractivity contribution in [3.63, 3.8) is 0 Å². The van der Waals surface area contributed by atoms with Gasteiger partial charge in [0.1, 0.15) is 0 Å².